The van der Waals surface area contributed by atoms with E-state index in [9.17, 15) is 8.78 Å². The predicted molar refractivity (Wildman–Crippen MR) is 81.4 cm³/mol. The Kier molecular flexibility index (Phi) is 4.03. The standard InChI is InChI=1S/C16H21F2N3/c1-5-12-20-13(15(19)21(12)16(2,3)4)10-6-8-11(9-7-10)14(17)18/h6-9,14H,5,19H2,1-4H3. The number of benzene rings is 1. The Morgan fingerprint density at radius 1 is 1.19 bits per heavy atom. The monoisotopic (exact) mass is 293 g/mol. The number of hydrogen-bond donors (Lipinski definition) is 1. The molecule has 0 bridgehead atoms. The van der Waals surface area contributed by atoms with Gasteiger partial charge in [0.2, 0.25) is 0 Å². The summed E-state index contributed by atoms with van der Waals surface area (Å²) in [4.78, 5) is 4.59. The van der Waals surface area contributed by atoms with Crippen LogP contribution in [0.1, 0.15) is 45.5 Å². The fraction of sp³-hybridized carbons (Fsp3) is 0.438. The van der Waals surface area contributed by atoms with Crippen LogP contribution >= 0.6 is 0 Å². The van der Waals surface area contributed by atoms with E-state index in [2.05, 4.69) is 25.8 Å². The van der Waals surface area contributed by atoms with E-state index in [-0.39, 0.29) is 11.1 Å². The minimum atomic E-state index is -2.46. The van der Waals surface area contributed by atoms with Gasteiger partial charge < -0.3 is 10.3 Å². The van der Waals surface area contributed by atoms with Crippen LogP contribution in [0.5, 0.6) is 0 Å². The number of aromatic nitrogens is 2. The van der Waals surface area contributed by atoms with E-state index in [0.717, 1.165) is 17.8 Å². The SMILES string of the molecule is CCc1nc(-c2ccc(C(F)F)cc2)c(N)n1C(C)(C)C. The summed E-state index contributed by atoms with van der Waals surface area (Å²) in [6.07, 6.45) is -1.70. The van der Waals surface area contributed by atoms with Gasteiger partial charge in [-0.3, -0.25) is 0 Å². The topological polar surface area (TPSA) is 43.8 Å². The maximum Gasteiger partial charge on any atom is 0.263 e. The van der Waals surface area contributed by atoms with Crippen LogP contribution < -0.4 is 5.73 Å². The summed E-state index contributed by atoms with van der Waals surface area (Å²) < 4.78 is 27.2. The number of rotatable bonds is 3. The Balaban J connectivity index is 2.52. The lowest BCUT2D eigenvalue weighted by molar-refractivity contribution is 0.151. The minimum Gasteiger partial charge on any atom is -0.383 e. The van der Waals surface area contributed by atoms with Crippen molar-refractivity contribution in [3.63, 3.8) is 0 Å². The van der Waals surface area contributed by atoms with Gasteiger partial charge >= 0.3 is 0 Å². The average Bonchev–Trinajstić information content (AvgIpc) is 2.75. The van der Waals surface area contributed by atoms with Crippen molar-refractivity contribution in [3.05, 3.63) is 35.7 Å². The largest absolute Gasteiger partial charge is 0.383 e. The molecule has 3 nitrogen and oxygen atoms in total. The van der Waals surface area contributed by atoms with E-state index in [1.807, 2.05) is 11.5 Å². The number of alkyl halides is 2. The Hall–Kier alpha value is -1.91. The molecule has 114 valence electrons. The first kappa shape index (κ1) is 15.5. The highest BCUT2D eigenvalue weighted by molar-refractivity contribution is 5.71. The maximum atomic E-state index is 12.6. The van der Waals surface area contributed by atoms with Gasteiger partial charge in [0.05, 0.1) is 0 Å². The zero-order valence-electron chi connectivity index (χ0n) is 12.8. The predicted octanol–water partition coefficient (Wildman–Crippen LogP) is 4.39. The molecule has 2 rings (SSSR count). The molecule has 0 amide bonds. The summed E-state index contributed by atoms with van der Waals surface area (Å²) in [5.74, 6) is 1.47. The van der Waals surface area contributed by atoms with Crippen LogP contribution in [0.15, 0.2) is 24.3 Å². The Morgan fingerprint density at radius 3 is 2.14 bits per heavy atom. The number of nitrogens with two attached hydrogens (primary N) is 1. The van der Waals surface area contributed by atoms with Crippen LogP contribution in [-0.4, -0.2) is 9.55 Å². The molecule has 0 unspecified atom stereocenters. The number of anilines is 1. The lowest BCUT2D eigenvalue weighted by atomic mass is 10.1. The second-order valence-corrected chi connectivity index (χ2v) is 6.04. The molecule has 0 saturated carbocycles. The van der Waals surface area contributed by atoms with E-state index in [1.54, 1.807) is 12.1 Å². The van der Waals surface area contributed by atoms with Gasteiger partial charge in [-0.05, 0) is 20.8 Å². The van der Waals surface area contributed by atoms with Gasteiger partial charge in [-0.25, -0.2) is 13.8 Å². The highest BCUT2D eigenvalue weighted by atomic mass is 19.3. The third kappa shape index (κ3) is 2.91. The van der Waals surface area contributed by atoms with E-state index < -0.39 is 6.43 Å². The molecule has 2 N–H and O–H groups in total. The average molecular weight is 293 g/mol. The van der Waals surface area contributed by atoms with Crippen LogP contribution in [0, 0.1) is 0 Å². The van der Waals surface area contributed by atoms with Crippen LogP contribution in [0.2, 0.25) is 0 Å². The van der Waals surface area contributed by atoms with Gasteiger partial charge in [0.25, 0.3) is 6.43 Å². The lowest BCUT2D eigenvalue weighted by Crippen LogP contribution is -2.25. The molecule has 0 fully saturated rings. The van der Waals surface area contributed by atoms with E-state index in [1.165, 1.54) is 12.1 Å². The van der Waals surface area contributed by atoms with Crippen molar-refractivity contribution < 1.29 is 8.78 Å². The zero-order valence-corrected chi connectivity index (χ0v) is 12.8. The zero-order chi connectivity index (χ0) is 15.8. The lowest BCUT2D eigenvalue weighted by Gasteiger charge is -2.24. The van der Waals surface area contributed by atoms with Crippen molar-refractivity contribution in [2.45, 2.75) is 46.1 Å². The van der Waals surface area contributed by atoms with Crippen LogP contribution in [0.4, 0.5) is 14.6 Å². The molecule has 0 radical (unpaired) electrons. The number of aryl methyl sites for hydroxylation is 1. The number of nitrogen functional groups attached to an aromatic ring is 1. The third-order valence-electron chi connectivity index (χ3n) is 3.41. The minimum absolute atomic E-state index is 0.00305. The van der Waals surface area contributed by atoms with Gasteiger partial charge in [-0.2, -0.15) is 0 Å². The van der Waals surface area contributed by atoms with E-state index in [0.29, 0.717) is 11.5 Å². The summed E-state index contributed by atoms with van der Waals surface area (Å²) in [6, 6.07) is 6.13. The van der Waals surface area contributed by atoms with Crippen LogP contribution in [-0.2, 0) is 12.0 Å². The second kappa shape index (κ2) is 5.47. The summed E-state index contributed by atoms with van der Waals surface area (Å²) in [5, 5.41) is 0. The Labute approximate surface area is 123 Å². The van der Waals surface area contributed by atoms with Crippen molar-refractivity contribution in [2.24, 2.45) is 0 Å². The second-order valence-electron chi connectivity index (χ2n) is 6.04. The molecule has 0 aliphatic rings. The molecular weight excluding hydrogens is 272 g/mol. The molecule has 0 spiro atoms. The van der Waals surface area contributed by atoms with Crippen molar-refractivity contribution in [1.29, 1.82) is 0 Å². The normalized spacial score (nSPS) is 12.1. The smallest absolute Gasteiger partial charge is 0.263 e. The molecule has 0 aliphatic heterocycles. The van der Waals surface area contributed by atoms with Gasteiger partial charge in [-0.1, -0.05) is 31.2 Å². The molecule has 1 aromatic heterocycles. The highest BCUT2D eigenvalue weighted by Crippen LogP contribution is 2.32. The quantitative estimate of drug-likeness (QED) is 0.912. The van der Waals surface area contributed by atoms with E-state index >= 15 is 0 Å². The molecule has 5 heteroatoms. The summed E-state index contributed by atoms with van der Waals surface area (Å²) in [6.45, 7) is 8.21. The summed E-state index contributed by atoms with van der Waals surface area (Å²) in [7, 11) is 0. The first-order valence-corrected chi connectivity index (χ1v) is 7.01. The molecule has 2 aromatic rings. The maximum absolute atomic E-state index is 12.6. The van der Waals surface area contributed by atoms with Gasteiger partial charge in [-0.15, -0.1) is 0 Å². The van der Waals surface area contributed by atoms with Gasteiger partial charge in [0.1, 0.15) is 17.3 Å². The molecular formula is C16H21F2N3. The van der Waals surface area contributed by atoms with Crippen molar-refractivity contribution in [2.75, 3.05) is 5.73 Å². The Bertz CT molecular complexity index is 622. The first-order chi connectivity index (χ1) is 9.75. The van der Waals surface area contributed by atoms with Crippen LogP contribution in [0.25, 0.3) is 11.3 Å². The van der Waals surface area contributed by atoms with E-state index in [4.69, 9.17) is 5.73 Å². The fourth-order valence-electron chi connectivity index (χ4n) is 2.47. The van der Waals surface area contributed by atoms with Crippen molar-refractivity contribution in [3.8, 4) is 11.3 Å². The van der Waals surface area contributed by atoms with Gasteiger partial charge in [0.15, 0.2) is 0 Å². The number of hydrogen-bond acceptors (Lipinski definition) is 2. The summed E-state index contributed by atoms with van der Waals surface area (Å²) in [5.41, 5.74) is 7.49. The highest BCUT2D eigenvalue weighted by Gasteiger charge is 2.23. The molecule has 0 saturated heterocycles. The number of nitrogens with zero attached hydrogens (tertiary/aromatic N) is 2. The molecule has 21 heavy (non-hydrogen) atoms. The number of halogens is 2. The first-order valence-electron chi connectivity index (χ1n) is 7.01. The third-order valence-corrected chi connectivity index (χ3v) is 3.41. The van der Waals surface area contributed by atoms with Crippen molar-refractivity contribution in [1.82, 2.24) is 9.55 Å². The molecule has 0 atom stereocenters. The van der Waals surface area contributed by atoms with Gasteiger partial charge in [0, 0.05) is 23.1 Å². The van der Waals surface area contributed by atoms with Crippen molar-refractivity contribution >= 4 is 5.82 Å². The molecule has 0 aliphatic carbocycles. The number of imidazole rings is 1. The fourth-order valence-corrected chi connectivity index (χ4v) is 2.47. The van der Waals surface area contributed by atoms with Crippen LogP contribution in [0.3, 0.4) is 0 Å². The molecule has 1 heterocycles. The molecule has 1 aromatic carbocycles. The Morgan fingerprint density at radius 2 is 1.76 bits per heavy atom. The summed E-state index contributed by atoms with van der Waals surface area (Å²) >= 11 is 0.